The molecule has 0 spiro atoms. The molecule has 0 saturated heterocycles. The van der Waals surface area contributed by atoms with Crippen molar-refractivity contribution >= 4 is 27.1 Å². The molecule has 2 aromatic rings. The number of benzene rings is 1. The molecule has 0 atom stereocenters. The van der Waals surface area contributed by atoms with E-state index in [2.05, 4.69) is 0 Å². The molecule has 0 saturated carbocycles. The Balaban J connectivity index is 2.93. The maximum Gasteiger partial charge on any atom is 0.416 e. The monoisotopic (exact) mass is 275 g/mol. The van der Waals surface area contributed by atoms with Crippen LogP contribution in [0, 0.1) is 10.1 Å². The highest BCUT2D eigenvalue weighted by Gasteiger charge is 2.33. The lowest BCUT2D eigenvalue weighted by Gasteiger charge is -2.07. The van der Waals surface area contributed by atoms with Gasteiger partial charge in [0.2, 0.25) is 0 Å². The van der Waals surface area contributed by atoms with Gasteiger partial charge in [0, 0.05) is 11.5 Å². The van der Waals surface area contributed by atoms with Gasteiger partial charge >= 0.3 is 6.18 Å². The standard InChI is InChI=1S/C10H4F3NO3S/c11-10(12,13)5-3-6-8(15)1-2-18-9(6)7(4-5)14(16)17/h1-4H. The zero-order chi connectivity index (χ0) is 13.5. The molecule has 4 nitrogen and oxygen atoms in total. The van der Waals surface area contributed by atoms with Gasteiger partial charge in [0.1, 0.15) is 4.70 Å². The molecule has 0 fully saturated rings. The number of nitrogens with zero attached hydrogens (tertiary/aromatic N) is 1. The van der Waals surface area contributed by atoms with Crippen LogP contribution in [0.5, 0.6) is 0 Å². The van der Waals surface area contributed by atoms with E-state index in [0.717, 1.165) is 17.4 Å². The van der Waals surface area contributed by atoms with E-state index in [1.807, 2.05) is 0 Å². The van der Waals surface area contributed by atoms with Crippen molar-refractivity contribution in [1.29, 1.82) is 0 Å². The lowest BCUT2D eigenvalue weighted by Crippen LogP contribution is -2.08. The van der Waals surface area contributed by atoms with Crippen molar-refractivity contribution < 1.29 is 18.1 Å². The van der Waals surface area contributed by atoms with Crippen LogP contribution in [0.4, 0.5) is 18.9 Å². The molecular weight excluding hydrogens is 271 g/mol. The number of fused-ring (bicyclic) bond motifs is 1. The Morgan fingerprint density at radius 1 is 1.28 bits per heavy atom. The molecule has 0 unspecified atom stereocenters. The number of halogens is 3. The van der Waals surface area contributed by atoms with Crippen LogP contribution in [0.25, 0.3) is 10.1 Å². The minimum absolute atomic E-state index is 0.0551. The third-order valence-corrected chi connectivity index (χ3v) is 3.20. The Morgan fingerprint density at radius 3 is 2.50 bits per heavy atom. The number of alkyl halides is 3. The highest BCUT2D eigenvalue weighted by Crippen LogP contribution is 2.36. The highest BCUT2D eigenvalue weighted by atomic mass is 32.1. The highest BCUT2D eigenvalue weighted by molar-refractivity contribution is 7.17. The Morgan fingerprint density at radius 2 is 1.94 bits per heavy atom. The van der Waals surface area contributed by atoms with Crippen LogP contribution in [0.1, 0.15) is 5.56 Å². The number of nitro groups is 1. The van der Waals surface area contributed by atoms with E-state index in [1.54, 1.807) is 0 Å². The van der Waals surface area contributed by atoms with E-state index in [1.165, 1.54) is 5.38 Å². The first-order valence-electron chi connectivity index (χ1n) is 4.58. The Bertz CT molecular complexity index is 693. The Kier molecular flexibility index (Phi) is 2.81. The van der Waals surface area contributed by atoms with Gasteiger partial charge in [0.05, 0.1) is 10.5 Å². The fraction of sp³-hybridized carbons (Fsp3) is 0.100. The minimum atomic E-state index is -4.73. The van der Waals surface area contributed by atoms with E-state index in [0.29, 0.717) is 12.1 Å². The molecule has 0 aliphatic rings. The van der Waals surface area contributed by atoms with Crippen LogP contribution >= 0.6 is 11.3 Å². The predicted molar refractivity (Wildman–Crippen MR) is 59.8 cm³/mol. The van der Waals surface area contributed by atoms with Crippen LogP contribution in [0.3, 0.4) is 0 Å². The van der Waals surface area contributed by atoms with E-state index in [4.69, 9.17) is 0 Å². The van der Waals surface area contributed by atoms with Gasteiger partial charge in [0.15, 0.2) is 5.43 Å². The molecule has 2 rings (SSSR count). The van der Waals surface area contributed by atoms with E-state index < -0.39 is 27.8 Å². The molecule has 8 heteroatoms. The van der Waals surface area contributed by atoms with Gasteiger partial charge in [-0.25, -0.2) is 0 Å². The number of rotatable bonds is 1. The number of hydrogen-bond acceptors (Lipinski definition) is 4. The molecule has 1 aromatic heterocycles. The van der Waals surface area contributed by atoms with Gasteiger partial charge in [-0.15, -0.1) is 11.3 Å². The second kappa shape index (κ2) is 4.05. The van der Waals surface area contributed by atoms with Crippen LogP contribution < -0.4 is 5.43 Å². The molecule has 0 amide bonds. The van der Waals surface area contributed by atoms with E-state index in [-0.39, 0.29) is 10.1 Å². The average Bonchev–Trinajstić information content (AvgIpc) is 2.27. The van der Waals surface area contributed by atoms with E-state index in [9.17, 15) is 28.1 Å². The smallest absolute Gasteiger partial charge is 0.289 e. The van der Waals surface area contributed by atoms with Gasteiger partial charge < -0.3 is 0 Å². The lowest BCUT2D eigenvalue weighted by atomic mass is 10.1. The predicted octanol–water partition coefficient (Wildman–Crippen LogP) is 3.19. The Labute approximate surface area is 101 Å². The first-order chi connectivity index (χ1) is 8.30. The summed E-state index contributed by atoms with van der Waals surface area (Å²) in [6.45, 7) is 0. The molecule has 1 heterocycles. The van der Waals surface area contributed by atoms with E-state index >= 15 is 0 Å². The fourth-order valence-electron chi connectivity index (χ4n) is 1.47. The SMILES string of the molecule is O=c1ccsc2c([N+](=O)[O-])cc(C(F)(F)F)cc12. The zero-order valence-corrected chi connectivity index (χ0v) is 9.34. The second-order valence-electron chi connectivity index (χ2n) is 3.41. The molecule has 0 radical (unpaired) electrons. The largest absolute Gasteiger partial charge is 0.416 e. The maximum absolute atomic E-state index is 12.6. The topological polar surface area (TPSA) is 60.2 Å². The van der Waals surface area contributed by atoms with Crippen LogP contribution in [-0.2, 0) is 6.18 Å². The molecule has 0 bridgehead atoms. The van der Waals surface area contributed by atoms with Gasteiger partial charge in [0.25, 0.3) is 5.69 Å². The van der Waals surface area contributed by atoms with Gasteiger partial charge in [-0.2, -0.15) is 13.2 Å². The molecule has 0 N–H and O–H groups in total. The van der Waals surface area contributed by atoms with Crippen molar-refractivity contribution in [2.75, 3.05) is 0 Å². The van der Waals surface area contributed by atoms with Crippen LogP contribution in [0.2, 0.25) is 0 Å². The Hall–Kier alpha value is -1.96. The molecular formula is C10H4F3NO3S. The van der Waals surface area contributed by atoms with Crippen molar-refractivity contribution in [3.63, 3.8) is 0 Å². The summed E-state index contributed by atoms with van der Waals surface area (Å²) >= 11 is 0.856. The summed E-state index contributed by atoms with van der Waals surface area (Å²) in [5, 5.41) is 11.8. The summed E-state index contributed by atoms with van der Waals surface area (Å²) in [4.78, 5) is 21.3. The molecule has 94 valence electrons. The van der Waals surface area contributed by atoms with Crippen molar-refractivity contribution in [3.8, 4) is 0 Å². The van der Waals surface area contributed by atoms with Crippen molar-refractivity contribution in [2.45, 2.75) is 6.18 Å². The third-order valence-electron chi connectivity index (χ3n) is 2.26. The molecule has 1 aromatic carbocycles. The van der Waals surface area contributed by atoms with Gasteiger partial charge in [-0.3, -0.25) is 14.9 Å². The van der Waals surface area contributed by atoms with Crippen molar-refractivity contribution in [2.24, 2.45) is 0 Å². The molecule has 18 heavy (non-hydrogen) atoms. The summed E-state index contributed by atoms with van der Waals surface area (Å²) in [7, 11) is 0. The van der Waals surface area contributed by atoms with Gasteiger partial charge in [-0.1, -0.05) is 0 Å². The van der Waals surface area contributed by atoms with Crippen molar-refractivity contribution in [3.05, 3.63) is 49.5 Å². The first-order valence-corrected chi connectivity index (χ1v) is 5.46. The maximum atomic E-state index is 12.6. The number of non-ortho nitro benzene ring substituents is 1. The van der Waals surface area contributed by atoms with Gasteiger partial charge in [-0.05, 0) is 17.5 Å². The summed E-state index contributed by atoms with van der Waals surface area (Å²) in [6, 6.07) is 2.16. The normalized spacial score (nSPS) is 11.7. The minimum Gasteiger partial charge on any atom is -0.289 e. The molecule has 0 aliphatic heterocycles. The quantitative estimate of drug-likeness (QED) is 0.593. The van der Waals surface area contributed by atoms with Crippen LogP contribution in [-0.4, -0.2) is 4.92 Å². The summed E-state index contributed by atoms with van der Waals surface area (Å²) in [5.41, 5.74) is -2.57. The zero-order valence-electron chi connectivity index (χ0n) is 8.52. The number of hydrogen-bond donors (Lipinski definition) is 0. The number of nitro benzene ring substituents is 1. The summed E-state index contributed by atoms with van der Waals surface area (Å²) in [6.07, 6.45) is -4.73. The summed E-state index contributed by atoms with van der Waals surface area (Å²) < 4.78 is 37.7. The lowest BCUT2D eigenvalue weighted by molar-refractivity contribution is -0.383. The van der Waals surface area contributed by atoms with Crippen LogP contribution in [0.15, 0.2) is 28.4 Å². The average molecular weight is 275 g/mol. The first kappa shape index (κ1) is 12.5. The second-order valence-corrected chi connectivity index (χ2v) is 4.33. The van der Waals surface area contributed by atoms with Crippen molar-refractivity contribution in [1.82, 2.24) is 0 Å². The molecule has 0 aliphatic carbocycles. The summed E-state index contributed by atoms with van der Waals surface area (Å²) in [5.74, 6) is 0. The third kappa shape index (κ3) is 2.06. The fourth-order valence-corrected chi connectivity index (χ4v) is 2.34.